The highest BCUT2D eigenvalue weighted by Gasteiger charge is 2.31. The Hall–Kier alpha value is -4.02. The Morgan fingerprint density at radius 2 is 1.67 bits per heavy atom. The van der Waals surface area contributed by atoms with Gasteiger partial charge in [0.1, 0.15) is 17.5 Å². The van der Waals surface area contributed by atoms with Gasteiger partial charge in [0, 0.05) is 38.2 Å². The van der Waals surface area contributed by atoms with E-state index in [-0.39, 0.29) is 17.3 Å². The van der Waals surface area contributed by atoms with E-state index in [2.05, 4.69) is 4.90 Å². The van der Waals surface area contributed by atoms with Gasteiger partial charge in [0.25, 0.3) is 5.91 Å². The average molecular weight is 541 g/mol. The summed E-state index contributed by atoms with van der Waals surface area (Å²) in [7, 11) is 0. The second-order valence-electron chi connectivity index (χ2n) is 9.59. The van der Waals surface area contributed by atoms with Gasteiger partial charge in [-0.15, -0.1) is 0 Å². The van der Waals surface area contributed by atoms with Gasteiger partial charge in [-0.2, -0.15) is 18.3 Å². The number of fused-ring (bicyclic) bond motifs is 1. The molecular weight excluding hydrogens is 512 g/mol. The molecule has 11 heteroatoms. The van der Waals surface area contributed by atoms with Crippen molar-refractivity contribution in [1.82, 2.24) is 24.6 Å². The monoisotopic (exact) mass is 540 g/mol. The Kier molecular flexibility index (Phi) is 7.24. The Morgan fingerprint density at radius 3 is 2.33 bits per heavy atom. The molecule has 4 aromatic rings. The van der Waals surface area contributed by atoms with Crippen LogP contribution in [0.4, 0.5) is 23.4 Å². The van der Waals surface area contributed by atoms with Crippen LogP contribution in [0.2, 0.25) is 0 Å². The van der Waals surface area contributed by atoms with Crippen molar-refractivity contribution >= 4 is 22.8 Å². The predicted octanol–water partition coefficient (Wildman–Crippen LogP) is 5.59. The fourth-order valence-electron chi connectivity index (χ4n) is 4.85. The minimum absolute atomic E-state index is 0.225. The van der Waals surface area contributed by atoms with E-state index in [0.717, 1.165) is 35.5 Å². The highest BCUT2D eigenvalue weighted by Crippen LogP contribution is 2.31. The van der Waals surface area contributed by atoms with Gasteiger partial charge in [-0.1, -0.05) is 6.92 Å². The topological polar surface area (TPSA) is 67.2 Å². The highest BCUT2D eigenvalue weighted by atomic mass is 19.4. The molecule has 7 nitrogen and oxygen atoms in total. The maximum Gasteiger partial charge on any atom is 0.416 e. The lowest BCUT2D eigenvalue weighted by Gasteiger charge is -2.24. The lowest BCUT2D eigenvalue weighted by molar-refractivity contribution is -0.137. The van der Waals surface area contributed by atoms with Crippen molar-refractivity contribution in [3.8, 4) is 5.69 Å². The number of aryl methyl sites for hydroxylation is 2. The molecule has 0 atom stereocenters. The Balaban J connectivity index is 1.44. The van der Waals surface area contributed by atoms with E-state index in [0.29, 0.717) is 56.2 Å². The molecule has 5 rings (SSSR count). The van der Waals surface area contributed by atoms with Crippen LogP contribution in [0.1, 0.15) is 47.2 Å². The summed E-state index contributed by atoms with van der Waals surface area (Å²) >= 11 is 0. The standard InChI is InChI=1S/C28H28F4N6O/c1-3-5-23-33-25(24-18(2)35-38(26(24)34-23)22-12-10-21(29)11-13-22)36-14-4-15-37(17-16-36)27(39)19-6-8-20(9-7-19)28(30,31)32/h6-13H,3-5,14-17H2,1-2H3. The van der Waals surface area contributed by atoms with E-state index in [1.807, 2.05) is 13.8 Å². The van der Waals surface area contributed by atoms with Gasteiger partial charge in [-0.3, -0.25) is 4.79 Å². The molecule has 0 unspecified atom stereocenters. The number of halogens is 4. The van der Waals surface area contributed by atoms with Crippen molar-refractivity contribution in [2.75, 3.05) is 31.1 Å². The van der Waals surface area contributed by atoms with Gasteiger partial charge in [0.05, 0.1) is 22.3 Å². The van der Waals surface area contributed by atoms with Crippen LogP contribution in [0.25, 0.3) is 16.7 Å². The van der Waals surface area contributed by atoms with E-state index < -0.39 is 11.7 Å². The summed E-state index contributed by atoms with van der Waals surface area (Å²) in [6.45, 7) is 5.92. The third-order valence-electron chi connectivity index (χ3n) is 6.82. The molecule has 0 radical (unpaired) electrons. The van der Waals surface area contributed by atoms with Crippen molar-refractivity contribution in [2.24, 2.45) is 0 Å². The first-order valence-electron chi connectivity index (χ1n) is 12.9. The molecule has 0 spiro atoms. The molecule has 1 fully saturated rings. The first-order chi connectivity index (χ1) is 18.7. The first kappa shape index (κ1) is 26.6. The fraction of sp³-hybridized carbons (Fsp3) is 0.357. The summed E-state index contributed by atoms with van der Waals surface area (Å²) in [6, 6.07) is 10.4. The number of alkyl halides is 3. The molecule has 39 heavy (non-hydrogen) atoms. The van der Waals surface area contributed by atoms with Crippen molar-refractivity contribution in [1.29, 1.82) is 0 Å². The quantitative estimate of drug-likeness (QED) is 0.309. The number of hydrogen-bond donors (Lipinski definition) is 0. The Bertz CT molecular complexity index is 1480. The molecule has 0 saturated carbocycles. The third-order valence-corrected chi connectivity index (χ3v) is 6.82. The van der Waals surface area contributed by atoms with Crippen molar-refractivity contribution in [3.63, 3.8) is 0 Å². The van der Waals surface area contributed by atoms with E-state index in [4.69, 9.17) is 15.1 Å². The van der Waals surface area contributed by atoms with Gasteiger partial charge in [0.2, 0.25) is 0 Å². The van der Waals surface area contributed by atoms with Crippen LogP contribution in [0, 0.1) is 12.7 Å². The van der Waals surface area contributed by atoms with E-state index in [1.54, 1.807) is 21.7 Å². The summed E-state index contributed by atoms with van der Waals surface area (Å²) in [5.41, 5.74) is 1.49. The summed E-state index contributed by atoms with van der Waals surface area (Å²) < 4.78 is 54.1. The van der Waals surface area contributed by atoms with Gasteiger partial charge in [0.15, 0.2) is 5.65 Å². The van der Waals surface area contributed by atoms with Crippen LogP contribution in [0.3, 0.4) is 0 Å². The number of amides is 1. The molecule has 1 saturated heterocycles. The Morgan fingerprint density at radius 1 is 0.949 bits per heavy atom. The smallest absolute Gasteiger partial charge is 0.354 e. The van der Waals surface area contributed by atoms with Gasteiger partial charge < -0.3 is 9.80 Å². The molecule has 1 amide bonds. The number of aromatic nitrogens is 4. The SMILES string of the molecule is CCCc1nc(N2CCCN(C(=O)c3ccc(C(F)(F)F)cc3)CC2)c2c(C)nn(-c3ccc(F)cc3)c2n1. The third kappa shape index (κ3) is 5.43. The number of benzene rings is 2. The lowest BCUT2D eigenvalue weighted by atomic mass is 10.1. The van der Waals surface area contributed by atoms with Crippen molar-refractivity contribution in [2.45, 2.75) is 39.3 Å². The minimum Gasteiger partial charge on any atom is -0.354 e. The van der Waals surface area contributed by atoms with Crippen LogP contribution >= 0.6 is 0 Å². The normalized spacial score (nSPS) is 14.6. The lowest BCUT2D eigenvalue weighted by Crippen LogP contribution is -2.35. The van der Waals surface area contributed by atoms with Crippen LogP contribution in [-0.4, -0.2) is 56.7 Å². The number of carbonyl (C=O) groups excluding carboxylic acids is 1. The summed E-state index contributed by atoms with van der Waals surface area (Å²) in [4.78, 5) is 26.6. The zero-order chi connectivity index (χ0) is 27.7. The van der Waals surface area contributed by atoms with Crippen LogP contribution in [0.15, 0.2) is 48.5 Å². The number of carbonyl (C=O) groups is 1. The maximum absolute atomic E-state index is 13.6. The molecule has 1 aliphatic rings. The van der Waals surface area contributed by atoms with Crippen molar-refractivity contribution < 1.29 is 22.4 Å². The summed E-state index contributed by atoms with van der Waals surface area (Å²) in [6.07, 6.45) is -2.27. The number of rotatable bonds is 5. The second-order valence-corrected chi connectivity index (χ2v) is 9.59. The van der Waals surface area contributed by atoms with Gasteiger partial charge >= 0.3 is 6.18 Å². The molecule has 2 aromatic carbocycles. The summed E-state index contributed by atoms with van der Waals surface area (Å²) in [5, 5.41) is 5.49. The average Bonchev–Trinajstić information content (AvgIpc) is 3.08. The molecular formula is C28H28F4N6O. The van der Waals surface area contributed by atoms with Crippen LogP contribution < -0.4 is 4.90 Å². The number of hydrogen-bond acceptors (Lipinski definition) is 5. The fourth-order valence-corrected chi connectivity index (χ4v) is 4.85. The molecule has 2 aromatic heterocycles. The van der Waals surface area contributed by atoms with Gasteiger partial charge in [-0.25, -0.2) is 19.0 Å². The van der Waals surface area contributed by atoms with E-state index >= 15 is 0 Å². The first-order valence-corrected chi connectivity index (χ1v) is 12.9. The zero-order valence-electron chi connectivity index (χ0n) is 21.7. The van der Waals surface area contributed by atoms with Crippen molar-refractivity contribution in [3.05, 3.63) is 77.0 Å². The molecule has 204 valence electrons. The van der Waals surface area contributed by atoms with E-state index in [9.17, 15) is 22.4 Å². The molecule has 0 N–H and O–H groups in total. The zero-order valence-corrected chi connectivity index (χ0v) is 21.7. The molecule has 3 heterocycles. The molecule has 1 aliphatic heterocycles. The highest BCUT2D eigenvalue weighted by molar-refractivity contribution is 5.94. The van der Waals surface area contributed by atoms with Crippen LogP contribution in [-0.2, 0) is 12.6 Å². The van der Waals surface area contributed by atoms with Gasteiger partial charge in [-0.05, 0) is 68.3 Å². The van der Waals surface area contributed by atoms with E-state index in [1.165, 1.54) is 24.3 Å². The van der Waals surface area contributed by atoms with Crippen LogP contribution in [0.5, 0.6) is 0 Å². The second kappa shape index (κ2) is 10.6. The Labute approximate surface area is 223 Å². The predicted molar refractivity (Wildman–Crippen MR) is 140 cm³/mol. The molecule has 0 bridgehead atoms. The number of anilines is 1. The molecule has 0 aliphatic carbocycles. The maximum atomic E-state index is 13.6. The number of nitrogens with zero attached hydrogens (tertiary/aromatic N) is 6. The summed E-state index contributed by atoms with van der Waals surface area (Å²) in [5.74, 6) is 0.766. The largest absolute Gasteiger partial charge is 0.416 e. The minimum atomic E-state index is -4.45.